The Morgan fingerprint density at radius 1 is 1.22 bits per heavy atom. The molecule has 0 saturated carbocycles. The fraction of sp³-hybridized carbons (Fsp3) is 0.533. The summed E-state index contributed by atoms with van der Waals surface area (Å²) >= 11 is 0. The van der Waals surface area contributed by atoms with E-state index in [0.29, 0.717) is 5.56 Å². The Labute approximate surface area is 112 Å². The van der Waals surface area contributed by atoms with Gasteiger partial charge in [0, 0.05) is 0 Å². The highest BCUT2D eigenvalue weighted by atomic mass is 28.3. The van der Waals surface area contributed by atoms with E-state index in [9.17, 15) is 0 Å². The second-order valence-electron chi connectivity index (χ2n) is 6.05. The summed E-state index contributed by atoms with van der Waals surface area (Å²) in [6.07, 6.45) is 1.16. The average molecular weight is 261 g/mol. The molecule has 0 amide bonds. The molecule has 1 atom stereocenters. The molecule has 0 fully saturated rings. The fourth-order valence-electron chi connectivity index (χ4n) is 1.82. The molecule has 0 aromatic heterocycles. The van der Waals surface area contributed by atoms with Crippen molar-refractivity contribution >= 4 is 9.04 Å². The third-order valence-electron chi connectivity index (χ3n) is 2.91. The van der Waals surface area contributed by atoms with E-state index in [0.717, 1.165) is 6.42 Å². The molecular weight excluding hydrogens is 238 g/mol. The molecule has 1 aromatic rings. The first-order valence-electron chi connectivity index (χ1n) is 6.47. The maximum absolute atomic E-state index is 8.79. The van der Waals surface area contributed by atoms with Crippen LogP contribution < -0.4 is 0 Å². The summed E-state index contributed by atoms with van der Waals surface area (Å²) in [4.78, 5) is 0. The predicted molar refractivity (Wildman–Crippen MR) is 78.1 cm³/mol. The molecule has 18 heavy (non-hydrogen) atoms. The summed E-state index contributed by atoms with van der Waals surface area (Å²) in [7, 11) is -1.04. The highest BCUT2D eigenvalue weighted by Crippen LogP contribution is 2.26. The number of benzene rings is 1. The largest absolute Gasteiger partial charge is 0.417 e. The zero-order valence-electron chi connectivity index (χ0n) is 12.0. The molecule has 0 aliphatic carbocycles. The van der Waals surface area contributed by atoms with Crippen molar-refractivity contribution in [3.8, 4) is 6.07 Å². The Kier molecular flexibility index (Phi) is 5.12. The summed E-state index contributed by atoms with van der Waals surface area (Å²) in [5.74, 6) is 0. The number of hydrogen-bond acceptors (Lipinski definition) is 2. The molecule has 1 unspecified atom stereocenters. The first kappa shape index (κ1) is 14.9. The third kappa shape index (κ3) is 4.64. The van der Waals surface area contributed by atoms with E-state index in [1.165, 1.54) is 5.56 Å². The molecule has 0 radical (unpaired) electrons. The van der Waals surface area contributed by atoms with Gasteiger partial charge in [-0.2, -0.15) is 5.26 Å². The molecular formula is C15H23NOSi. The molecule has 98 valence electrons. The van der Waals surface area contributed by atoms with E-state index in [2.05, 4.69) is 39.9 Å². The summed E-state index contributed by atoms with van der Waals surface area (Å²) in [6.45, 7) is 11.1. The summed E-state index contributed by atoms with van der Waals surface area (Å²) in [5, 5.41) is 8.79. The van der Waals surface area contributed by atoms with Crippen LogP contribution in [0.2, 0.25) is 13.1 Å². The lowest BCUT2D eigenvalue weighted by molar-refractivity contribution is 0.0867. The molecule has 1 rings (SSSR count). The van der Waals surface area contributed by atoms with Gasteiger partial charge in [0.05, 0.1) is 17.7 Å². The minimum Gasteiger partial charge on any atom is -0.417 e. The molecule has 0 N–H and O–H groups in total. The van der Waals surface area contributed by atoms with Crippen molar-refractivity contribution in [3.05, 3.63) is 35.4 Å². The first-order chi connectivity index (χ1) is 8.32. The molecule has 0 aliphatic heterocycles. The second-order valence-corrected chi connectivity index (χ2v) is 8.42. The lowest BCUT2D eigenvalue weighted by atomic mass is 9.85. The topological polar surface area (TPSA) is 33.0 Å². The Hall–Kier alpha value is -1.11. The molecule has 0 saturated heterocycles. The minimum atomic E-state index is -1.04. The highest BCUT2D eigenvalue weighted by Gasteiger charge is 2.26. The molecule has 0 aliphatic rings. The van der Waals surface area contributed by atoms with Crippen LogP contribution in [0, 0.1) is 16.7 Å². The number of nitriles is 1. The molecule has 3 heteroatoms. The van der Waals surface area contributed by atoms with Crippen LogP contribution in [0.1, 0.15) is 31.9 Å². The van der Waals surface area contributed by atoms with Gasteiger partial charge in [-0.1, -0.05) is 32.9 Å². The quantitative estimate of drug-likeness (QED) is 0.777. The van der Waals surface area contributed by atoms with Crippen LogP contribution in [-0.2, 0) is 10.8 Å². The van der Waals surface area contributed by atoms with E-state index in [-0.39, 0.29) is 11.5 Å². The van der Waals surface area contributed by atoms with Gasteiger partial charge in [0.25, 0.3) is 0 Å². The van der Waals surface area contributed by atoms with Gasteiger partial charge in [-0.3, -0.25) is 0 Å². The lowest BCUT2D eigenvalue weighted by Gasteiger charge is -2.32. The highest BCUT2D eigenvalue weighted by molar-refractivity contribution is 6.48. The summed E-state index contributed by atoms with van der Waals surface area (Å²) < 4.78 is 6.15. The van der Waals surface area contributed by atoms with Crippen LogP contribution in [0.15, 0.2) is 24.3 Å². The smallest absolute Gasteiger partial charge is 0.171 e. The molecule has 0 bridgehead atoms. The van der Waals surface area contributed by atoms with Crippen LogP contribution >= 0.6 is 0 Å². The number of rotatable bonds is 4. The maximum Gasteiger partial charge on any atom is 0.171 e. The standard InChI is InChI=1S/C15H23NOSi/c1-15(2,3)14(17-18(4)5)10-12-6-8-13(11-16)9-7-12/h6-9,14,18H,10H2,1-5H3. The van der Waals surface area contributed by atoms with Crippen molar-refractivity contribution < 1.29 is 4.43 Å². The van der Waals surface area contributed by atoms with Gasteiger partial charge in [0.2, 0.25) is 0 Å². The average Bonchev–Trinajstić information content (AvgIpc) is 2.27. The first-order valence-corrected chi connectivity index (χ1v) is 9.25. The van der Waals surface area contributed by atoms with Crippen molar-refractivity contribution in [1.82, 2.24) is 0 Å². The van der Waals surface area contributed by atoms with Crippen LogP contribution in [0.5, 0.6) is 0 Å². The van der Waals surface area contributed by atoms with Gasteiger partial charge < -0.3 is 4.43 Å². The van der Waals surface area contributed by atoms with Gasteiger partial charge in [0.1, 0.15) is 0 Å². The van der Waals surface area contributed by atoms with Crippen LogP contribution in [0.25, 0.3) is 0 Å². The molecule has 0 heterocycles. The third-order valence-corrected chi connectivity index (χ3v) is 3.78. The normalized spacial score (nSPS) is 13.4. The van der Waals surface area contributed by atoms with E-state index in [4.69, 9.17) is 9.69 Å². The minimum absolute atomic E-state index is 0.144. The summed E-state index contributed by atoms with van der Waals surface area (Å²) in [6, 6.07) is 9.96. The Morgan fingerprint density at radius 3 is 2.17 bits per heavy atom. The zero-order valence-corrected chi connectivity index (χ0v) is 13.2. The van der Waals surface area contributed by atoms with Crippen LogP contribution in [-0.4, -0.2) is 15.1 Å². The monoisotopic (exact) mass is 261 g/mol. The Bertz CT molecular complexity index is 412. The van der Waals surface area contributed by atoms with E-state index in [1.54, 1.807) is 0 Å². The van der Waals surface area contributed by atoms with E-state index < -0.39 is 9.04 Å². The molecule has 0 spiro atoms. The molecule has 2 nitrogen and oxygen atoms in total. The second kappa shape index (κ2) is 6.17. The Balaban J connectivity index is 2.79. The van der Waals surface area contributed by atoms with Gasteiger partial charge >= 0.3 is 0 Å². The maximum atomic E-state index is 8.79. The number of hydrogen-bond donors (Lipinski definition) is 0. The molecule has 1 aromatic carbocycles. The van der Waals surface area contributed by atoms with Crippen molar-refractivity contribution in [2.45, 2.75) is 46.4 Å². The van der Waals surface area contributed by atoms with Crippen LogP contribution in [0.4, 0.5) is 0 Å². The lowest BCUT2D eigenvalue weighted by Crippen LogP contribution is -2.35. The van der Waals surface area contributed by atoms with Crippen molar-refractivity contribution in [1.29, 1.82) is 5.26 Å². The predicted octanol–water partition coefficient (Wildman–Crippen LogP) is 3.52. The van der Waals surface area contributed by atoms with Crippen molar-refractivity contribution in [2.75, 3.05) is 0 Å². The van der Waals surface area contributed by atoms with Gasteiger partial charge in [-0.15, -0.1) is 0 Å². The Morgan fingerprint density at radius 2 is 1.78 bits per heavy atom. The number of nitrogens with zero attached hydrogens (tertiary/aromatic N) is 1. The summed E-state index contributed by atoms with van der Waals surface area (Å²) in [5.41, 5.74) is 2.10. The van der Waals surface area contributed by atoms with E-state index in [1.807, 2.05) is 24.3 Å². The SMILES string of the molecule is C[SiH](C)OC(Cc1ccc(C#N)cc1)C(C)(C)C. The van der Waals surface area contributed by atoms with Crippen LogP contribution in [0.3, 0.4) is 0 Å². The van der Waals surface area contributed by atoms with Gasteiger partial charge in [0.15, 0.2) is 9.04 Å². The van der Waals surface area contributed by atoms with Crippen molar-refractivity contribution in [2.24, 2.45) is 5.41 Å². The fourth-order valence-corrected chi connectivity index (χ4v) is 2.98. The van der Waals surface area contributed by atoms with Gasteiger partial charge in [-0.25, -0.2) is 0 Å². The zero-order chi connectivity index (χ0) is 13.8. The van der Waals surface area contributed by atoms with E-state index >= 15 is 0 Å². The van der Waals surface area contributed by atoms with Crippen molar-refractivity contribution in [3.63, 3.8) is 0 Å². The van der Waals surface area contributed by atoms with Gasteiger partial charge in [-0.05, 0) is 42.6 Å².